The SMILES string of the molecule is CC1(C)O[C@H]2O[C@H]3[C@H](O[C@H](c4ccccc4)O[C@@H]3CO[Si](c3ccccc3)(c3ccccc3)C(C)(C)C)[C@H]2O1. The van der Waals surface area contributed by atoms with E-state index in [1.54, 1.807) is 0 Å². The Hall–Kier alpha value is -2.36. The number of rotatable bonds is 6. The maximum absolute atomic E-state index is 7.26. The molecule has 6 rings (SSSR count). The predicted octanol–water partition coefficient (Wildman–Crippen LogP) is 4.92. The molecule has 3 aromatic rings. The van der Waals surface area contributed by atoms with E-state index in [1.165, 1.54) is 10.4 Å². The first-order chi connectivity index (χ1) is 18.7. The van der Waals surface area contributed by atoms with Crippen molar-refractivity contribution in [3.05, 3.63) is 96.6 Å². The molecule has 0 radical (unpaired) electrons. The molecule has 3 heterocycles. The molecular formula is C32H38O6Si. The minimum atomic E-state index is -2.77. The van der Waals surface area contributed by atoms with Crippen molar-refractivity contribution >= 4 is 18.7 Å². The van der Waals surface area contributed by atoms with Crippen LogP contribution >= 0.6 is 0 Å². The quantitative estimate of drug-likeness (QED) is 0.409. The second-order valence-electron chi connectivity index (χ2n) is 12.1. The van der Waals surface area contributed by atoms with Gasteiger partial charge in [0.25, 0.3) is 8.32 Å². The van der Waals surface area contributed by atoms with Crippen molar-refractivity contribution in [2.75, 3.05) is 6.61 Å². The molecule has 0 amide bonds. The molecule has 3 fully saturated rings. The van der Waals surface area contributed by atoms with Crippen LogP contribution in [0.1, 0.15) is 46.5 Å². The van der Waals surface area contributed by atoms with Gasteiger partial charge in [-0.15, -0.1) is 0 Å². The number of fused-ring (bicyclic) bond motifs is 3. The molecular weight excluding hydrogens is 508 g/mol. The lowest BCUT2D eigenvalue weighted by Crippen LogP contribution is -2.67. The summed E-state index contributed by atoms with van der Waals surface area (Å²) in [5.74, 6) is -0.731. The lowest BCUT2D eigenvalue weighted by Gasteiger charge is -2.45. The summed E-state index contributed by atoms with van der Waals surface area (Å²) in [6, 6.07) is 31.3. The van der Waals surface area contributed by atoms with Gasteiger partial charge in [0.05, 0.1) is 6.61 Å². The monoisotopic (exact) mass is 546 g/mol. The van der Waals surface area contributed by atoms with E-state index in [0.29, 0.717) is 6.61 Å². The first kappa shape index (κ1) is 26.8. The van der Waals surface area contributed by atoms with Gasteiger partial charge in [-0.05, 0) is 29.3 Å². The number of hydrogen-bond donors (Lipinski definition) is 0. The van der Waals surface area contributed by atoms with Crippen LogP contribution < -0.4 is 10.4 Å². The van der Waals surface area contributed by atoms with Gasteiger partial charge < -0.3 is 28.1 Å². The maximum atomic E-state index is 7.26. The van der Waals surface area contributed by atoms with Gasteiger partial charge in [0.2, 0.25) is 0 Å². The lowest BCUT2D eigenvalue weighted by molar-refractivity contribution is -0.312. The highest BCUT2D eigenvalue weighted by Gasteiger charge is 2.61. The van der Waals surface area contributed by atoms with Gasteiger partial charge in [0, 0.05) is 5.56 Å². The highest BCUT2D eigenvalue weighted by Crippen LogP contribution is 2.45. The zero-order chi connectivity index (χ0) is 27.3. The Morgan fingerprint density at radius 2 is 1.26 bits per heavy atom. The minimum Gasteiger partial charge on any atom is -0.405 e. The Labute approximate surface area is 232 Å². The second kappa shape index (κ2) is 10.2. The first-order valence-electron chi connectivity index (χ1n) is 13.8. The Balaban J connectivity index is 1.36. The molecule has 6 atom stereocenters. The van der Waals surface area contributed by atoms with E-state index < -0.39 is 26.7 Å². The van der Waals surface area contributed by atoms with E-state index in [0.717, 1.165) is 5.56 Å². The molecule has 7 heteroatoms. The summed E-state index contributed by atoms with van der Waals surface area (Å²) in [5.41, 5.74) is 0.952. The van der Waals surface area contributed by atoms with Gasteiger partial charge in [-0.25, -0.2) is 0 Å². The summed E-state index contributed by atoms with van der Waals surface area (Å²) in [7, 11) is -2.77. The van der Waals surface area contributed by atoms with E-state index in [2.05, 4.69) is 81.4 Å². The topological polar surface area (TPSA) is 55.4 Å². The van der Waals surface area contributed by atoms with Gasteiger partial charge in [-0.1, -0.05) is 112 Å². The molecule has 206 valence electrons. The van der Waals surface area contributed by atoms with Crippen LogP contribution in [0.2, 0.25) is 5.04 Å². The van der Waals surface area contributed by atoms with Gasteiger partial charge >= 0.3 is 0 Å². The molecule has 0 spiro atoms. The summed E-state index contributed by atoms with van der Waals surface area (Å²) < 4.78 is 39.1. The molecule has 3 aliphatic rings. The summed E-state index contributed by atoms with van der Waals surface area (Å²) in [5, 5.41) is 2.30. The van der Waals surface area contributed by atoms with Gasteiger partial charge in [-0.2, -0.15) is 0 Å². The molecule has 3 aromatic carbocycles. The molecule has 0 aliphatic carbocycles. The smallest absolute Gasteiger partial charge is 0.261 e. The zero-order valence-corrected chi connectivity index (χ0v) is 24.3. The summed E-state index contributed by atoms with van der Waals surface area (Å²) in [6.45, 7) is 11.0. The predicted molar refractivity (Wildman–Crippen MR) is 151 cm³/mol. The third-order valence-electron chi connectivity index (χ3n) is 7.93. The van der Waals surface area contributed by atoms with Gasteiger partial charge in [0.15, 0.2) is 18.4 Å². The van der Waals surface area contributed by atoms with Crippen molar-refractivity contribution < 1.29 is 28.1 Å². The largest absolute Gasteiger partial charge is 0.405 e. The van der Waals surface area contributed by atoms with E-state index in [1.807, 2.05) is 44.2 Å². The Kier molecular flexibility index (Phi) is 7.04. The average molecular weight is 547 g/mol. The highest BCUT2D eigenvalue weighted by atomic mass is 28.4. The van der Waals surface area contributed by atoms with E-state index in [-0.39, 0.29) is 29.5 Å². The molecule has 6 nitrogen and oxygen atoms in total. The molecule has 0 N–H and O–H groups in total. The Bertz CT molecular complexity index is 1210. The molecule has 3 saturated heterocycles. The van der Waals surface area contributed by atoms with Crippen molar-refractivity contribution in [2.24, 2.45) is 0 Å². The van der Waals surface area contributed by atoms with Crippen LogP contribution in [0.5, 0.6) is 0 Å². The summed E-state index contributed by atoms with van der Waals surface area (Å²) in [4.78, 5) is 0. The zero-order valence-electron chi connectivity index (χ0n) is 23.3. The van der Waals surface area contributed by atoms with Crippen molar-refractivity contribution in [1.82, 2.24) is 0 Å². The van der Waals surface area contributed by atoms with E-state index in [4.69, 9.17) is 28.1 Å². The van der Waals surface area contributed by atoms with Crippen molar-refractivity contribution in [3.8, 4) is 0 Å². The summed E-state index contributed by atoms with van der Waals surface area (Å²) >= 11 is 0. The maximum Gasteiger partial charge on any atom is 0.261 e. The first-order valence-corrected chi connectivity index (χ1v) is 15.7. The highest BCUT2D eigenvalue weighted by molar-refractivity contribution is 6.99. The van der Waals surface area contributed by atoms with Crippen LogP contribution in [0.15, 0.2) is 91.0 Å². The lowest BCUT2D eigenvalue weighted by atomic mass is 10.0. The second-order valence-corrected chi connectivity index (χ2v) is 16.4. The van der Waals surface area contributed by atoms with Crippen LogP contribution in [0.4, 0.5) is 0 Å². The number of benzene rings is 3. The average Bonchev–Trinajstić information content (AvgIpc) is 3.41. The third kappa shape index (κ3) is 4.91. The molecule has 0 bridgehead atoms. The van der Waals surface area contributed by atoms with Crippen molar-refractivity contribution in [2.45, 2.75) is 82.4 Å². The normalized spacial score (nSPS) is 30.1. The summed E-state index contributed by atoms with van der Waals surface area (Å²) in [6.07, 6.45) is -2.51. The molecule has 39 heavy (non-hydrogen) atoms. The van der Waals surface area contributed by atoms with Crippen molar-refractivity contribution in [1.29, 1.82) is 0 Å². The molecule has 0 unspecified atom stereocenters. The standard InChI is InChI=1S/C32H38O6Si/c1-31(2,3)39(23-17-11-7-12-18-23,24-19-13-8-14-20-24)33-21-25-26-27(28-30(35-26)38-32(4,5)37-28)36-29(34-25)22-15-9-6-10-16-22/h6-20,25-30H,21H2,1-5H3/t25-,26-,27+,28-,29-,30-/m1/s1. The van der Waals surface area contributed by atoms with Gasteiger partial charge in [-0.3, -0.25) is 0 Å². The fraction of sp³-hybridized carbons (Fsp3) is 0.438. The molecule has 3 aliphatic heterocycles. The van der Waals surface area contributed by atoms with Crippen molar-refractivity contribution in [3.63, 3.8) is 0 Å². The third-order valence-corrected chi connectivity index (χ3v) is 12.9. The van der Waals surface area contributed by atoms with Crippen LogP contribution in [0.25, 0.3) is 0 Å². The minimum absolute atomic E-state index is 0.150. The Morgan fingerprint density at radius 3 is 1.82 bits per heavy atom. The molecule has 0 saturated carbocycles. The number of ether oxygens (including phenoxy) is 5. The van der Waals surface area contributed by atoms with E-state index >= 15 is 0 Å². The fourth-order valence-electron chi connectivity index (χ4n) is 6.24. The number of hydrogen-bond acceptors (Lipinski definition) is 6. The molecule has 0 aromatic heterocycles. The van der Waals surface area contributed by atoms with Crippen LogP contribution in [0, 0.1) is 0 Å². The Morgan fingerprint density at radius 1 is 0.692 bits per heavy atom. The van der Waals surface area contributed by atoms with Crippen LogP contribution in [-0.2, 0) is 28.1 Å². The fourth-order valence-corrected chi connectivity index (χ4v) is 10.8. The van der Waals surface area contributed by atoms with Crippen LogP contribution in [-0.4, -0.2) is 51.4 Å². The van der Waals surface area contributed by atoms with Crippen LogP contribution in [0.3, 0.4) is 0 Å². The van der Waals surface area contributed by atoms with E-state index in [9.17, 15) is 0 Å². The van der Waals surface area contributed by atoms with Gasteiger partial charge in [0.1, 0.15) is 24.4 Å².